The molecule has 0 heterocycles. The summed E-state index contributed by atoms with van der Waals surface area (Å²) in [7, 11) is 0. The van der Waals surface area contributed by atoms with Gasteiger partial charge in [-0.1, -0.05) is 26.0 Å². The Kier molecular flexibility index (Phi) is 4.17. The Labute approximate surface area is 85.3 Å². The van der Waals surface area contributed by atoms with Crippen LogP contribution >= 0.6 is 0 Å². The lowest BCUT2D eigenvalue weighted by atomic mass is 9.99. The maximum atomic E-state index is 10.1. The second-order valence-electron chi connectivity index (χ2n) is 3.48. The summed E-state index contributed by atoms with van der Waals surface area (Å²) < 4.78 is 0. The van der Waals surface area contributed by atoms with E-state index < -0.39 is 0 Å². The highest BCUT2D eigenvalue weighted by Gasteiger charge is 2.01. The molecule has 2 nitrogen and oxygen atoms in total. The predicted octanol–water partition coefficient (Wildman–Crippen LogP) is 2.81. The maximum Gasteiger partial charge on any atom is 0.139 e. The summed E-state index contributed by atoms with van der Waals surface area (Å²) in [5.41, 5.74) is 2.35. The van der Waals surface area contributed by atoms with Crippen LogP contribution in [0.15, 0.2) is 24.3 Å². The van der Waals surface area contributed by atoms with Crippen LogP contribution in [-0.4, -0.2) is 12.8 Å². The molecule has 2 heteroatoms. The minimum atomic E-state index is 0.378. The first-order valence-corrected chi connectivity index (χ1v) is 5.05. The van der Waals surface area contributed by atoms with Crippen LogP contribution in [-0.2, 0) is 4.79 Å². The van der Waals surface area contributed by atoms with Gasteiger partial charge in [-0.2, -0.15) is 0 Å². The lowest BCUT2D eigenvalue weighted by molar-refractivity contribution is -0.106. The van der Waals surface area contributed by atoms with Gasteiger partial charge < -0.3 is 10.1 Å². The fraction of sp³-hybridized carbons (Fsp3) is 0.417. The van der Waals surface area contributed by atoms with Crippen molar-refractivity contribution in [3.63, 3.8) is 0 Å². The van der Waals surface area contributed by atoms with Crippen LogP contribution in [0.4, 0.5) is 5.69 Å². The fourth-order valence-electron chi connectivity index (χ4n) is 1.32. The number of nitrogens with one attached hydrogen (secondary N) is 1. The maximum absolute atomic E-state index is 10.1. The highest BCUT2D eigenvalue weighted by atomic mass is 16.1. The van der Waals surface area contributed by atoms with E-state index in [0.29, 0.717) is 12.5 Å². The van der Waals surface area contributed by atoms with Gasteiger partial charge in [0.05, 0.1) is 6.54 Å². The normalized spacial score (nSPS) is 12.1. The van der Waals surface area contributed by atoms with Crippen molar-refractivity contribution in [2.75, 3.05) is 11.9 Å². The largest absolute Gasteiger partial charge is 0.378 e. The summed E-state index contributed by atoms with van der Waals surface area (Å²) in [5.74, 6) is 0.607. The van der Waals surface area contributed by atoms with Crippen LogP contribution in [0.1, 0.15) is 31.7 Å². The summed E-state index contributed by atoms with van der Waals surface area (Å²) in [4.78, 5) is 10.1. The van der Waals surface area contributed by atoms with Crippen molar-refractivity contribution >= 4 is 12.0 Å². The zero-order chi connectivity index (χ0) is 10.4. The van der Waals surface area contributed by atoms with Crippen molar-refractivity contribution in [3.8, 4) is 0 Å². The fourth-order valence-corrected chi connectivity index (χ4v) is 1.32. The SMILES string of the molecule is CCC(C)c1ccc(NCC=O)cc1. The van der Waals surface area contributed by atoms with Crippen molar-refractivity contribution < 1.29 is 4.79 Å². The number of rotatable bonds is 5. The Morgan fingerprint density at radius 1 is 1.36 bits per heavy atom. The van der Waals surface area contributed by atoms with Crippen molar-refractivity contribution in [3.05, 3.63) is 29.8 Å². The van der Waals surface area contributed by atoms with Crippen LogP contribution in [0, 0.1) is 0 Å². The van der Waals surface area contributed by atoms with Gasteiger partial charge in [0.15, 0.2) is 0 Å². The van der Waals surface area contributed by atoms with Gasteiger partial charge in [0, 0.05) is 5.69 Å². The minimum Gasteiger partial charge on any atom is -0.378 e. The van der Waals surface area contributed by atoms with E-state index in [4.69, 9.17) is 0 Å². The molecule has 0 bridgehead atoms. The molecule has 0 aromatic heterocycles. The molecule has 76 valence electrons. The zero-order valence-electron chi connectivity index (χ0n) is 8.79. The number of anilines is 1. The second-order valence-corrected chi connectivity index (χ2v) is 3.48. The molecular formula is C12H17NO. The average molecular weight is 191 g/mol. The molecule has 0 aliphatic heterocycles. The Morgan fingerprint density at radius 2 is 2.00 bits per heavy atom. The lowest BCUT2D eigenvalue weighted by Crippen LogP contribution is -2.02. The molecule has 1 aromatic rings. The molecule has 1 atom stereocenters. The molecular weight excluding hydrogens is 174 g/mol. The molecule has 1 unspecified atom stereocenters. The summed E-state index contributed by atoms with van der Waals surface area (Å²) in [6, 6.07) is 8.26. The third-order valence-corrected chi connectivity index (χ3v) is 2.48. The van der Waals surface area contributed by atoms with Crippen molar-refractivity contribution in [1.82, 2.24) is 0 Å². The van der Waals surface area contributed by atoms with Crippen LogP contribution < -0.4 is 5.32 Å². The van der Waals surface area contributed by atoms with Gasteiger partial charge in [-0.05, 0) is 30.0 Å². The van der Waals surface area contributed by atoms with E-state index >= 15 is 0 Å². The first-order chi connectivity index (χ1) is 6.77. The van der Waals surface area contributed by atoms with Crippen molar-refractivity contribution in [2.45, 2.75) is 26.2 Å². The van der Waals surface area contributed by atoms with Gasteiger partial charge in [-0.25, -0.2) is 0 Å². The molecule has 14 heavy (non-hydrogen) atoms. The molecule has 0 amide bonds. The Balaban J connectivity index is 2.63. The highest BCUT2D eigenvalue weighted by molar-refractivity contribution is 5.59. The Bertz CT molecular complexity index is 279. The van der Waals surface area contributed by atoms with E-state index in [0.717, 1.165) is 18.4 Å². The van der Waals surface area contributed by atoms with Gasteiger partial charge in [-0.3, -0.25) is 0 Å². The lowest BCUT2D eigenvalue weighted by Gasteiger charge is -2.09. The van der Waals surface area contributed by atoms with Crippen LogP contribution in [0.25, 0.3) is 0 Å². The molecule has 0 radical (unpaired) electrons. The highest BCUT2D eigenvalue weighted by Crippen LogP contribution is 2.20. The summed E-state index contributed by atoms with van der Waals surface area (Å²) in [5, 5.41) is 3.01. The first-order valence-electron chi connectivity index (χ1n) is 5.05. The standard InChI is InChI=1S/C12H17NO/c1-3-10(2)11-4-6-12(7-5-11)13-8-9-14/h4-7,9-10,13H,3,8H2,1-2H3. The average Bonchev–Trinajstić information content (AvgIpc) is 2.26. The molecule has 1 N–H and O–H groups in total. The van der Waals surface area contributed by atoms with Crippen molar-refractivity contribution in [2.24, 2.45) is 0 Å². The third kappa shape index (κ3) is 2.87. The van der Waals surface area contributed by atoms with E-state index in [1.807, 2.05) is 12.1 Å². The van der Waals surface area contributed by atoms with Crippen molar-refractivity contribution in [1.29, 1.82) is 0 Å². The van der Waals surface area contributed by atoms with E-state index in [9.17, 15) is 4.79 Å². The van der Waals surface area contributed by atoms with Crippen LogP contribution in [0.2, 0.25) is 0 Å². The Morgan fingerprint density at radius 3 is 2.50 bits per heavy atom. The van der Waals surface area contributed by atoms with E-state index in [2.05, 4.69) is 31.3 Å². The topological polar surface area (TPSA) is 29.1 Å². The molecule has 0 saturated carbocycles. The van der Waals surface area contributed by atoms with Crippen LogP contribution in [0.5, 0.6) is 0 Å². The molecule has 0 aliphatic carbocycles. The van der Waals surface area contributed by atoms with Gasteiger partial charge in [0.2, 0.25) is 0 Å². The third-order valence-electron chi connectivity index (χ3n) is 2.48. The number of hydrogen-bond donors (Lipinski definition) is 1. The van der Waals surface area contributed by atoms with E-state index in [-0.39, 0.29) is 0 Å². The summed E-state index contributed by atoms with van der Waals surface area (Å²) in [6.07, 6.45) is 2.02. The smallest absolute Gasteiger partial charge is 0.139 e. The molecule has 1 aromatic carbocycles. The minimum absolute atomic E-state index is 0.378. The Hall–Kier alpha value is -1.31. The molecule has 0 fully saturated rings. The quantitative estimate of drug-likeness (QED) is 0.725. The number of carbonyl (C=O) groups is 1. The van der Waals surface area contributed by atoms with E-state index in [1.165, 1.54) is 5.56 Å². The first kappa shape index (κ1) is 10.8. The molecule has 0 saturated heterocycles. The number of aldehydes is 1. The number of benzene rings is 1. The molecule has 1 rings (SSSR count). The number of hydrogen-bond acceptors (Lipinski definition) is 2. The molecule has 0 aliphatic rings. The number of carbonyl (C=O) groups excluding carboxylic acids is 1. The summed E-state index contributed by atoms with van der Waals surface area (Å²) >= 11 is 0. The zero-order valence-corrected chi connectivity index (χ0v) is 8.79. The van der Waals surface area contributed by atoms with Gasteiger partial charge in [0.1, 0.15) is 6.29 Å². The van der Waals surface area contributed by atoms with Gasteiger partial charge >= 0.3 is 0 Å². The van der Waals surface area contributed by atoms with E-state index in [1.54, 1.807) is 0 Å². The second kappa shape index (κ2) is 5.43. The monoisotopic (exact) mass is 191 g/mol. The molecule has 0 spiro atoms. The van der Waals surface area contributed by atoms with Crippen LogP contribution in [0.3, 0.4) is 0 Å². The van der Waals surface area contributed by atoms with Gasteiger partial charge in [-0.15, -0.1) is 0 Å². The van der Waals surface area contributed by atoms with Gasteiger partial charge in [0.25, 0.3) is 0 Å². The predicted molar refractivity (Wildman–Crippen MR) is 59.7 cm³/mol. The summed E-state index contributed by atoms with van der Waals surface area (Å²) in [6.45, 7) is 4.78.